The van der Waals surface area contributed by atoms with Crippen LogP contribution in [-0.2, 0) is 4.79 Å². The summed E-state index contributed by atoms with van der Waals surface area (Å²) in [6, 6.07) is 22.3. The summed E-state index contributed by atoms with van der Waals surface area (Å²) in [6.45, 7) is 1.65. The van der Waals surface area contributed by atoms with Gasteiger partial charge >= 0.3 is 5.69 Å². The van der Waals surface area contributed by atoms with E-state index in [-0.39, 0.29) is 5.69 Å². The van der Waals surface area contributed by atoms with E-state index in [0.717, 1.165) is 35.0 Å². The van der Waals surface area contributed by atoms with Gasteiger partial charge in [-0.15, -0.1) is 10.2 Å². The van der Waals surface area contributed by atoms with E-state index in [1.54, 1.807) is 6.92 Å². The number of nitro benzene ring substituents is 1. The molecular formula is C24H18FN5O3S. The van der Waals surface area contributed by atoms with E-state index in [4.69, 9.17) is 0 Å². The highest BCUT2D eigenvalue weighted by Gasteiger charge is 2.21. The van der Waals surface area contributed by atoms with E-state index in [2.05, 4.69) is 20.5 Å². The number of aromatic nitrogens is 3. The van der Waals surface area contributed by atoms with E-state index in [1.165, 1.54) is 6.07 Å². The van der Waals surface area contributed by atoms with Crippen LogP contribution >= 0.6 is 11.8 Å². The fourth-order valence-corrected chi connectivity index (χ4v) is 3.85. The highest BCUT2D eigenvalue weighted by Crippen LogP contribution is 2.31. The zero-order valence-electron chi connectivity index (χ0n) is 17.9. The van der Waals surface area contributed by atoms with Crippen molar-refractivity contribution in [2.75, 3.05) is 5.32 Å². The van der Waals surface area contributed by atoms with Crippen molar-refractivity contribution in [3.8, 4) is 22.5 Å². The quantitative estimate of drug-likeness (QED) is 0.217. The average molecular weight is 476 g/mol. The number of nitro groups is 1. The standard InChI is InChI=1S/C24H18FN5O3S/c1-15(23(31)26-18-12-13-19(25)20(14-18)30(32)33)34-24-27-21(16-8-4-2-5-9-16)22(28-29-24)17-10-6-3-7-11-17/h2-15H,1H3,(H,26,31). The van der Waals surface area contributed by atoms with Gasteiger partial charge in [-0.2, -0.15) is 4.39 Å². The van der Waals surface area contributed by atoms with Crippen LogP contribution in [0.3, 0.4) is 0 Å². The Balaban J connectivity index is 1.57. The summed E-state index contributed by atoms with van der Waals surface area (Å²) in [5, 5.41) is 21.7. The van der Waals surface area contributed by atoms with Crippen LogP contribution in [-0.4, -0.2) is 31.3 Å². The lowest BCUT2D eigenvalue weighted by Gasteiger charge is -2.13. The monoisotopic (exact) mass is 475 g/mol. The van der Waals surface area contributed by atoms with Gasteiger partial charge in [-0.3, -0.25) is 14.9 Å². The number of carbonyl (C=O) groups is 1. The summed E-state index contributed by atoms with van der Waals surface area (Å²) in [5.41, 5.74) is 2.37. The van der Waals surface area contributed by atoms with Crippen molar-refractivity contribution in [1.29, 1.82) is 0 Å². The zero-order valence-corrected chi connectivity index (χ0v) is 18.7. The number of hydrogen-bond donors (Lipinski definition) is 1. The summed E-state index contributed by atoms with van der Waals surface area (Å²) in [7, 11) is 0. The van der Waals surface area contributed by atoms with Crippen molar-refractivity contribution in [3.05, 3.63) is 94.8 Å². The van der Waals surface area contributed by atoms with Crippen LogP contribution in [0.2, 0.25) is 0 Å². The first-order valence-corrected chi connectivity index (χ1v) is 11.1. The molecule has 34 heavy (non-hydrogen) atoms. The number of nitrogens with one attached hydrogen (secondary N) is 1. The average Bonchev–Trinajstić information content (AvgIpc) is 2.86. The Morgan fingerprint density at radius 3 is 2.21 bits per heavy atom. The lowest BCUT2D eigenvalue weighted by Crippen LogP contribution is -2.23. The van der Waals surface area contributed by atoms with E-state index >= 15 is 0 Å². The van der Waals surface area contributed by atoms with Crippen LogP contribution < -0.4 is 5.32 Å². The van der Waals surface area contributed by atoms with Gasteiger partial charge in [0.15, 0.2) is 0 Å². The number of amides is 1. The number of rotatable bonds is 7. The number of benzene rings is 3. The molecule has 8 nitrogen and oxygen atoms in total. The Morgan fingerprint density at radius 2 is 1.59 bits per heavy atom. The molecule has 0 aliphatic carbocycles. The maximum Gasteiger partial charge on any atom is 0.306 e. The molecule has 0 radical (unpaired) electrons. The summed E-state index contributed by atoms with van der Waals surface area (Å²) < 4.78 is 13.6. The molecule has 1 aromatic heterocycles. The summed E-state index contributed by atoms with van der Waals surface area (Å²) in [6.07, 6.45) is 0. The molecule has 3 aromatic carbocycles. The lowest BCUT2D eigenvalue weighted by molar-refractivity contribution is -0.387. The van der Waals surface area contributed by atoms with Crippen LogP contribution in [0.5, 0.6) is 0 Å². The molecule has 1 N–H and O–H groups in total. The van der Waals surface area contributed by atoms with Crippen LogP contribution in [0.4, 0.5) is 15.8 Å². The molecule has 1 amide bonds. The second kappa shape index (κ2) is 10.2. The molecule has 4 aromatic rings. The van der Waals surface area contributed by atoms with Gasteiger partial charge in [-0.1, -0.05) is 72.4 Å². The van der Waals surface area contributed by atoms with Crippen molar-refractivity contribution in [1.82, 2.24) is 15.2 Å². The van der Waals surface area contributed by atoms with Gasteiger partial charge in [-0.05, 0) is 19.1 Å². The first-order chi connectivity index (χ1) is 16.4. The third-order valence-corrected chi connectivity index (χ3v) is 5.77. The predicted molar refractivity (Wildman–Crippen MR) is 128 cm³/mol. The Hall–Kier alpha value is -4.18. The van der Waals surface area contributed by atoms with Crippen molar-refractivity contribution < 1.29 is 14.1 Å². The van der Waals surface area contributed by atoms with Gasteiger partial charge in [0, 0.05) is 22.9 Å². The van der Waals surface area contributed by atoms with E-state index < -0.39 is 27.6 Å². The second-order valence-corrected chi connectivity index (χ2v) is 8.50. The number of thioether (sulfide) groups is 1. The molecule has 10 heteroatoms. The largest absolute Gasteiger partial charge is 0.325 e. The number of carbonyl (C=O) groups excluding carboxylic acids is 1. The normalized spacial score (nSPS) is 11.6. The maximum atomic E-state index is 13.6. The zero-order chi connectivity index (χ0) is 24.1. The Labute approximate surface area is 198 Å². The molecule has 0 aliphatic rings. The molecule has 0 bridgehead atoms. The number of anilines is 1. The Kier molecular flexibility index (Phi) is 6.88. The van der Waals surface area contributed by atoms with Crippen LogP contribution in [0.15, 0.2) is 84.0 Å². The fourth-order valence-electron chi connectivity index (χ4n) is 3.13. The fraction of sp³-hybridized carbons (Fsp3) is 0.0833. The highest BCUT2D eigenvalue weighted by molar-refractivity contribution is 8.00. The molecule has 0 spiro atoms. The molecule has 0 fully saturated rings. The third kappa shape index (κ3) is 5.24. The van der Waals surface area contributed by atoms with Crippen molar-refractivity contribution in [2.45, 2.75) is 17.3 Å². The number of hydrogen-bond acceptors (Lipinski definition) is 7. The van der Waals surface area contributed by atoms with E-state index in [0.29, 0.717) is 16.5 Å². The van der Waals surface area contributed by atoms with Gasteiger partial charge in [0.2, 0.25) is 16.9 Å². The van der Waals surface area contributed by atoms with Gasteiger partial charge < -0.3 is 5.32 Å². The first-order valence-electron chi connectivity index (χ1n) is 10.2. The van der Waals surface area contributed by atoms with Gasteiger partial charge in [0.25, 0.3) is 0 Å². The molecule has 0 saturated heterocycles. The lowest BCUT2D eigenvalue weighted by atomic mass is 10.0. The predicted octanol–water partition coefficient (Wildman–Crippen LogP) is 5.37. The molecule has 170 valence electrons. The molecule has 4 rings (SSSR count). The molecule has 0 saturated carbocycles. The smallest absolute Gasteiger partial charge is 0.306 e. The third-order valence-electron chi connectivity index (χ3n) is 4.82. The van der Waals surface area contributed by atoms with Gasteiger partial charge in [0.1, 0.15) is 11.4 Å². The first kappa shape index (κ1) is 23.0. The molecule has 1 atom stereocenters. The SMILES string of the molecule is CC(Sc1nnc(-c2ccccc2)c(-c2ccccc2)n1)C(=O)Nc1ccc(F)c([N+](=O)[O-])c1. The van der Waals surface area contributed by atoms with Crippen molar-refractivity contribution >= 4 is 29.0 Å². The maximum absolute atomic E-state index is 13.6. The van der Waals surface area contributed by atoms with Crippen LogP contribution in [0.25, 0.3) is 22.5 Å². The molecule has 0 aliphatic heterocycles. The highest BCUT2D eigenvalue weighted by atomic mass is 32.2. The van der Waals surface area contributed by atoms with Crippen molar-refractivity contribution in [3.63, 3.8) is 0 Å². The summed E-state index contributed by atoms with van der Waals surface area (Å²) in [4.78, 5) is 27.4. The van der Waals surface area contributed by atoms with Gasteiger partial charge in [-0.25, -0.2) is 4.98 Å². The molecule has 1 unspecified atom stereocenters. The topological polar surface area (TPSA) is 111 Å². The Bertz CT molecular complexity index is 1340. The van der Waals surface area contributed by atoms with Crippen LogP contribution in [0, 0.1) is 15.9 Å². The second-order valence-electron chi connectivity index (χ2n) is 7.20. The summed E-state index contributed by atoms with van der Waals surface area (Å²) >= 11 is 1.09. The van der Waals surface area contributed by atoms with Crippen LogP contribution in [0.1, 0.15) is 6.92 Å². The minimum absolute atomic E-state index is 0.119. The summed E-state index contributed by atoms with van der Waals surface area (Å²) in [5.74, 6) is -1.42. The minimum Gasteiger partial charge on any atom is -0.325 e. The van der Waals surface area contributed by atoms with Gasteiger partial charge in [0.05, 0.1) is 10.2 Å². The molecule has 1 heterocycles. The minimum atomic E-state index is -0.975. The number of nitrogens with zero attached hydrogens (tertiary/aromatic N) is 4. The van der Waals surface area contributed by atoms with E-state index in [9.17, 15) is 19.3 Å². The Morgan fingerprint density at radius 1 is 0.971 bits per heavy atom. The van der Waals surface area contributed by atoms with E-state index in [1.807, 2.05) is 60.7 Å². The molecular weight excluding hydrogens is 457 g/mol. The van der Waals surface area contributed by atoms with Crippen molar-refractivity contribution in [2.24, 2.45) is 0 Å². The number of halogens is 1.